The first-order valence-electron chi connectivity index (χ1n) is 7.38. The number of anilines is 1. The number of fused-ring (bicyclic) bond motifs is 1. The van der Waals surface area contributed by atoms with Gasteiger partial charge in [0.1, 0.15) is 5.75 Å². The van der Waals surface area contributed by atoms with E-state index in [1.165, 1.54) is 0 Å². The van der Waals surface area contributed by atoms with E-state index in [2.05, 4.69) is 9.97 Å². The minimum absolute atomic E-state index is 0.332. The molecule has 0 spiro atoms. The Balaban J connectivity index is 1.96. The normalized spacial score (nSPS) is 18.5. The number of aryl methyl sites for hydroxylation is 1. The quantitative estimate of drug-likeness (QED) is 0.937. The van der Waals surface area contributed by atoms with Gasteiger partial charge in [0.2, 0.25) is 0 Å². The molecule has 1 N–H and O–H groups in total. The molecule has 2 aromatic rings. The number of ether oxygens (including phenoxy) is 1. The van der Waals surface area contributed by atoms with Crippen LogP contribution in [0.3, 0.4) is 0 Å². The Labute approximate surface area is 128 Å². The Bertz CT molecular complexity index is 717. The van der Waals surface area contributed by atoms with Gasteiger partial charge in [0, 0.05) is 19.2 Å². The largest absolute Gasteiger partial charge is 0.497 e. The highest BCUT2D eigenvalue weighted by Crippen LogP contribution is 2.27. The molecule has 0 amide bonds. The predicted molar refractivity (Wildman–Crippen MR) is 83.4 cm³/mol. The Kier molecular flexibility index (Phi) is 3.83. The van der Waals surface area contributed by atoms with E-state index in [1.807, 2.05) is 30.0 Å². The highest BCUT2D eigenvalue weighted by atomic mass is 16.5. The van der Waals surface area contributed by atoms with E-state index in [1.54, 1.807) is 7.11 Å². The van der Waals surface area contributed by atoms with Crippen LogP contribution < -0.4 is 9.64 Å². The predicted octanol–water partition coefficient (Wildman–Crippen LogP) is 2.25. The average Bonchev–Trinajstić information content (AvgIpc) is 2.53. The number of carboxylic acids is 1. The molecule has 1 saturated heterocycles. The van der Waals surface area contributed by atoms with E-state index in [0.29, 0.717) is 6.54 Å². The number of methoxy groups -OCH3 is 1. The minimum atomic E-state index is -0.735. The van der Waals surface area contributed by atoms with Crippen LogP contribution in [0.4, 0.5) is 5.82 Å². The van der Waals surface area contributed by atoms with Gasteiger partial charge in [-0.3, -0.25) is 4.79 Å². The number of hydrogen-bond acceptors (Lipinski definition) is 5. The molecule has 0 radical (unpaired) electrons. The fourth-order valence-corrected chi connectivity index (χ4v) is 2.91. The molecule has 22 heavy (non-hydrogen) atoms. The minimum Gasteiger partial charge on any atom is -0.497 e. The van der Waals surface area contributed by atoms with Crippen LogP contribution in [-0.4, -0.2) is 41.2 Å². The van der Waals surface area contributed by atoms with Gasteiger partial charge in [-0.05, 0) is 31.9 Å². The maximum Gasteiger partial charge on any atom is 0.308 e. The van der Waals surface area contributed by atoms with E-state index in [-0.39, 0.29) is 5.92 Å². The van der Waals surface area contributed by atoms with Gasteiger partial charge in [-0.15, -0.1) is 0 Å². The SMILES string of the molecule is COc1ccc2nc(N3CCCC(C(=O)O)C3)c(C)nc2c1. The third kappa shape index (κ3) is 2.68. The van der Waals surface area contributed by atoms with E-state index in [9.17, 15) is 9.90 Å². The van der Waals surface area contributed by atoms with Crippen molar-refractivity contribution in [1.82, 2.24) is 9.97 Å². The van der Waals surface area contributed by atoms with Crippen LogP contribution in [-0.2, 0) is 4.79 Å². The third-order valence-corrected chi connectivity index (χ3v) is 4.09. The lowest BCUT2D eigenvalue weighted by molar-refractivity contribution is -0.141. The van der Waals surface area contributed by atoms with Crippen LogP contribution in [0.25, 0.3) is 11.0 Å². The fraction of sp³-hybridized carbons (Fsp3) is 0.438. The number of benzene rings is 1. The van der Waals surface area contributed by atoms with Crippen LogP contribution in [0.5, 0.6) is 5.75 Å². The Morgan fingerprint density at radius 1 is 1.36 bits per heavy atom. The van der Waals surface area contributed by atoms with E-state index >= 15 is 0 Å². The molecule has 1 unspecified atom stereocenters. The van der Waals surface area contributed by atoms with Crippen LogP contribution >= 0.6 is 0 Å². The maximum absolute atomic E-state index is 11.2. The van der Waals surface area contributed by atoms with Crippen molar-refractivity contribution in [3.8, 4) is 5.75 Å². The molecule has 3 rings (SSSR count). The summed E-state index contributed by atoms with van der Waals surface area (Å²) in [6.07, 6.45) is 1.59. The van der Waals surface area contributed by atoms with Crippen molar-refractivity contribution in [1.29, 1.82) is 0 Å². The first-order valence-corrected chi connectivity index (χ1v) is 7.38. The van der Waals surface area contributed by atoms with E-state index in [0.717, 1.165) is 47.7 Å². The fourth-order valence-electron chi connectivity index (χ4n) is 2.91. The topological polar surface area (TPSA) is 75.5 Å². The number of piperidine rings is 1. The van der Waals surface area contributed by atoms with Gasteiger partial charge < -0.3 is 14.7 Å². The number of rotatable bonds is 3. The molecule has 1 aliphatic rings. The number of aliphatic carboxylic acids is 1. The molecule has 6 nitrogen and oxygen atoms in total. The van der Waals surface area contributed by atoms with Crippen LogP contribution in [0.1, 0.15) is 18.5 Å². The molecule has 1 aliphatic heterocycles. The third-order valence-electron chi connectivity index (χ3n) is 4.09. The summed E-state index contributed by atoms with van der Waals surface area (Å²) in [5, 5.41) is 9.23. The molecule has 0 aliphatic carbocycles. The first kappa shape index (κ1) is 14.6. The van der Waals surface area contributed by atoms with Gasteiger partial charge in [0.05, 0.1) is 29.8 Å². The summed E-state index contributed by atoms with van der Waals surface area (Å²) in [6, 6.07) is 5.59. The molecular formula is C16H19N3O3. The van der Waals surface area contributed by atoms with E-state index < -0.39 is 5.97 Å². The molecule has 116 valence electrons. The summed E-state index contributed by atoms with van der Waals surface area (Å²) < 4.78 is 5.21. The smallest absolute Gasteiger partial charge is 0.308 e. The second-order valence-electron chi connectivity index (χ2n) is 5.61. The van der Waals surface area contributed by atoms with Crippen LogP contribution in [0.15, 0.2) is 18.2 Å². The monoisotopic (exact) mass is 301 g/mol. The van der Waals surface area contributed by atoms with Crippen molar-refractivity contribution >= 4 is 22.8 Å². The summed E-state index contributed by atoms with van der Waals surface area (Å²) in [7, 11) is 1.62. The van der Waals surface area contributed by atoms with Crippen molar-refractivity contribution in [3.05, 3.63) is 23.9 Å². The summed E-state index contributed by atoms with van der Waals surface area (Å²) in [6.45, 7) is 3.22. The van der Waals surface area contributed by atoms with Gasteiger partial charge in [0.25, 0.3) is 0 Å². The molecule has 1 aromatic heterocycles. The van der Waals surface area contributed by atoms with Crippen molar-refractivity contribution in [2.24, 2.45) is 5.92 Å². The summed E-state index contributed by atoms with van der Waals surface area (Å²) in [4.78, 5) is 22.5. The number of carbonyl (C=O) groups is 1. The second kappa shape index (κ2) is 5.79. The molecule has 1 atom stereocenters. The van der Waals surface area contributed by atoms with Crippen molar-refractivity contribution in [2.45, 2.75) is 19.8 Å². The zero-order valence-corrected chi connectivity index (χ0v) is 12.7. The van der Waals surface area contributed by atoms with Gasteiger partial charge in [-0.25, -0.2) is 9.97 Å². The van der Waals surface area contributed by atoms with Crippen molar-refractivity contribution in [2.75, 3.05) is 25.1 Å². The zero-order valence-electron chi connectivity index (χ0n) is 12.7. The number of hydrogen-bond donors (Lipinski definition) is 1. The number of carboxylic acid groups (broad SMARTS) is 1. The van der Waals surface area contributed by atoms with Gasteiger partial charge in [-0.1, -0.05) is 0 Å². The summed E-state index contributed by atoms with van der Waals surface area (Å²) in [5.74, 6) is 0.462. The van der Waals surface area contributed by atoms with E-state index in [4.69, 9.17) is 4.74 Å². The number of nitrogens with zero attached hydrogens (tertiary/aromatic N) is 3. The van der Waals surface area contributed by atoms with Crippen LogP contribution in [0, 0.1) is 12.8 Å². The highest BCUT2D eigenvalue weighted by molar-refractivity contribution is 5.78. The lowest BCUT2D eigenvalue weighted by atomic mass is 9.98. The Morgan fingerprint density at radius 2 is 2.18 bits per heavy atom. The lowest BCUT2D eigenvalue weighted by Crippen LogP contribution is -2.39. The standard InChI is InChI=1S/C16H19N3O3/c1-10-15(19-7-3-4-11(9-19)16(20)21)18-13-6-5-12(22-2)8-14(13)17-10/h5-6,8,11H,3-4,7,9H2,1-2H3,(H,20,21). The molecule has 0 bridgehead atoms. The Hall–Kier alpha value is -2.37. The number of aromatic nitrogens is 2. The zero-order chi connectivity index (χ0) is 15.7. The maximum atomic E-state index is 11.2. The van der Waals surface area contributed by atoms with Gasteiger partial charge >= 0.3 is 5.97 Å². The molecule has 6 heteroatoms. The molecule has 2 heterocycles. The highest BCUT2D eigenvalue weighted by Gasteiger charge is 2.27. The van der Waals surface area contributed by atoms with Crippen molar-refractivity contribution in [3.63, 3.8) is 0 Å². The summed E-state index contributed by atoms with van der Waals surface area (Å²) in [5.41, 5.74) is 2.39. The first-order chi connectivity index (χ1) is 10.6. The molecule has 1 aromatic carbocycles. The Morgan fingerprint density at radius 3 is 2.91 bits per heavy atom. The van der Waals surface area contributed by atoms with Gasteiger partial charge in [0.15, 0.2) is 5.82 Å². The summed E-state index contributed by atoms with van der Waals surface area (Å²) >= 11 is 0. The van der Waals surface area contributed by atoms with Gasteiger partial charge in [-0.2, -0.15) is 0 Å². The molecule has 0 saturated carbocycles. The average molecular weight is 301 g/mol. The molecule has 1 fully saturated rings. The lowest BCUT2D eigenvalue weighted by Gasteiger charge is -2.32. The molecular weight excluding hydrogens is 282 g/mol. The second-order valence-corrected chi connectivity index (χ2v) is 5.61. The van der Waals surface area contributed by atoms with Crippen LogP contribution in [0.2, 0.25) is 0 Å². The van der Waals surface area contributed by atoms with Crippen molar-refractivity contribution < 1.29 is 14.6 Å².